The maximum Gasteiger partial charge on any atom is 0.274 e. The maximum atomic E-state index is 12.6. The molecule has 5 nitrogen and oxygen atoms in total. The fourth-order valence-electron chi connectivity index (χ4n) is 3.27. The highest BCUT2D eigenvalue weighted by Gasteiger charge is 2.25. The zero-order valence-electron chi connectivity index (χ0n) is 15.4. The van der Waals surface area contributed by atoms with Crippen LogP contribution in [0.5, 0.6) is 0 Å². The number of rotatable bonds is 6. The monoisotopic (exact) mass is 372 g/mol. The molecule has 6 heteroatoms. The fourth-order valence-corrected chi connectivity index (χ4v) is 4.70. The van der Waals surface area contributed by atoms with Gasteiger partial charge in [-0.05, 0) is 23.3 Å². The Hall–Kier alpha value is -2.18. The molecule has 0 saturated heterocycles. The lowest BCUT2D eigenvalue weighted by molar-refractivity contribution is -0.367. The minimum atomic E-state index is -3.42. The first-order chi connectivity index (χ1) is 12.6. The third-order valence-electron chi connectivity index (χ3n) is 4.81. The topological polar surface area (TPSA) is 54.8 Å². The van der Waals surface area contributed by atoms with Crippen molar-refractivity contribution in [2.45, 2.75) is 25.2 Å². The van der Waals surface area contributed by atoms with E-state index in [9.17, 15) is 8.42 Å². The number of benzene rings is 1. The summed E-state index contributed by atoms with van der Waals surface area (Å²) in [6.45, 7) is 6.36. The van der Waals surface area contributed by atoms with Crippen molar-refractivity contribution in [1.82, 2.24) is 4.31 Å². The van der Waals surface area contributed by atoms with Gasteiger partial charge in [0, 0.05) is 25.6 Å². The van der Waals surface area contributed by atoms with Crippen LogP contribution in [0.3, 0.4) is 0 Å². The second-order valence-electron chi connectivity index (χ2n) is 6.29. The van der Waals surface area contributed by atoms with Crippen LogP contribution in [0.25, 0.3) is 5.57 Å². The average Bonchev–Trinajstić information content (AvgIpc) is 2.70. The summed E-state index contributed by atoms with van der Waals surface area (Å²) < 4.78 is 26.6. The van der Waals surface area contributed by atoms with Crippen LogP contribution in [0.1, 0.15) is 25.8 Å². The van der Waals surface area contributed by atoms with E-state index in [0.717, 1.165) is 25.3 Å². The Labute approximate surface area is 156 Å². The third kappa shape index (κ3) is 3.81. The number of nitrogens with zero attached hydrogens (tertiary/aromatic N) is 2. The van der Waals surface area contributed by atoms with Gasteiger partial charge in [-0.3, -0.25) is 4.90 Å². The lowest BCUT2D eigenvalue weighted by Crippen LogP contribution is -2.34. The molecule has 1 aromatic carbocycles. The normalized spacial score (nSPS) is 15.2. The van der Waals surface area contributed by atoms with E-state index in [-0.39, 0.29) is 0 Å². The molecule has 0 spiro atoms. The molecule has 1 aromatic heterocycles. The number of sulfonamides is 1. The molecule has 2 heterocycles. The Morgan fingerprint density at radius 3 is 2.35 bits per heavy atom. The number of aromatic amines is 1. The predicted octanol–water partition coefficient (Wildman–Crippen LogP) is 2.82. The molecule has 0 radical (unpaired) electrons. The van der Waals surface area contributed by atoms with Crippen LogP contribution < -0.4 is 9.88 Å². The molecule has 1 aliphatic rings. The Kier molecular flexibility index (Phi) is 5.74. The first kappa shape index (κ1) is 18.6. The summed E-state index contributed by atoms with van der Waals surface area (Å²) in [5.41, 5.74) is 2.64. The second-order valence-corrected chi connectivity index (χ2v) is 8.23. The quantitative estimate of drug-likeness (QED) is 0.783. The van der Waals surface area contributed by atoms with Crippen molar-refractivity contribution in [3.05, 3.63) is 60.3 Å². The van der Waals surface area contributed by atoms with Gasteiger partial charge in [-0.2, -0.15) is 4.31 Å². The first-order valence-corrected chi connectivity index (χ1v) is 10.5. The van der Waals surface area contributed by atoms with Crippen molar-refractivity contribution in [1.29, 1.82) is 0 Å². The Morgan fingerprint density at radius 1 is 1.08 bits per heavy atom. The van der Waals surface area contributed by atoms with Crippen LogP contribution in [0.2, 0.25) is 0 Å². The number of anilines is 1. The molecule has 0 amide bonds. The standard InChI is InChI=1S/C20H25N3O2S/c1-3-23(4-2)26(24,25)19-10-11-20(21-16-19)22-14-12-18(13-15-22)17-8-6-5-7-9-17/h5-12,16H,3-4,13-15H2,1-2H3/p+1. The van der Waals surface area contributed by atoms with Gasteiger partial charge in [0.15, 0.2) is 0 Å². The molecule has 0 unspecified atom stereocenters. The molecule has 138 valence electrons. The summed E-state index contributed by atoms with van der Waals surface area (Å²) in [4.78, 5) is 5.69. The number of nitrogens with one attached hydrogen (secondary N) is 1. The van der Waals surface area contributed by atoms with Gasteiger partial charge in [-0.25, -0.2) is 13.4 Å². The molecule has 26 heavy (non-hydrogen) atoms. The minimum absolute atomic E-state index is 0.308. The smallest absolute Gasteiger partial charge is 0.258 e. The summed E-state index contributed by atoms with van der Waals surface area (Å²) in [5.74, 6) is 0.937. The van der Waals surface area contributed by atoms with E-state index in [1.807, 2.05) is 26.0 Å². The van der Waals surface area contributed by atoms with E-state index < -0.39 is 10.0 Å². The summed E-state index contributed by atoms with van der Waals surface area (Å²) >= 11 is 0. The molecular weight excluding hydrogens is 346 g/mol. The van der Waals surface area contributed by atoms with Gasteiger partial charge in [0.2, 0.25) is 10.0 Å². The SMILES string of the molecule is CCN(CC)S(=O)(=O)c1ccc(N2CC=C(c3ccccc3)CC2)[nH+]c1. The Bertz CT molecular complexity index is 858. The van der Waals surface area contributed by atoms with Crippen LogP contribution in [-0.2, 0) is 10.0 Å². The van der Waals surface area contributed by atoms with Crippen molar-refractivity contribution in [3.8, 4) is 0 Å². The summed E-state index contributed by atoms with van der Waals surface area (Å²) in [6, 6.07) is 14.0. The van der Waals surface area contributed by atoms with E-state index in [1.165, 1.54) is 15.4 Å². The van der Waals surface area contributed by atoms with Gasteiger partial charge in [0.1, 0.15) is 17.6 Å². The van der Waals surface area contributed by atoms with Gasteiger partial charge in [-0.15, -0.1) is 0 Å². The van der Waals surface area contributed by atoms with E-state index in [0.29, 0.717) is 18.0 Å². The van der Waals surface area contributed by atoms with Crippen molar-refractivity contribution >= 4 is 21.4 Å². The summed E-state index contributed by atoms with van der Waals surface area (Å²) in [7, 11) is -3.42. The molecule has 1 N–H and O–H groups in total. The second kappa shape index (κ2) is 8.01. The zero-order valence-corrected chi connectivity index (χ0v) is 16.2. The molecule has 1 aliphatic heterocycles. The average molecular weight is 373 g/mol. The maximum absolute atomic E-state index is 12.6. The lowest BCUT2D eigenvalue weighted by Gasteiger charge is -2.22. The zero-order chi connectivity index (χ0) is 18.6. The molecule has 3 rings (SSSR count). The van der Waals surface area contributed by atoms with E-state index in [2.05, 4.69) is 40.2 Å². The van der Waals surface area contributed by atoms with Gasteiger partial charge in [0.25, 0.3) is 5.82 Å². The molecule has 2 aromatic rings. The number of pyridine rings is 1. The van der Waals surface area contributed by atoms with Crippen LogP contribution in [0.4, 0.5) is 5.82 Å². The number of hydrogen-bond acceptors (Lipinski definition) is 3. The van der Waals surface area contributed by atoms with E-state index in [4.69, 9.17) is 0 Å². The van der Waals surface area contributed by atoms with Crippen LogP contribution in [0, 0.1) is 0 Å². The van der Waals surface area contributed by atoms with E-state index >= 15 is 0 Å². The predicted molar refractivity (Wildman–Crippen MR) is 104 cm³/mol. The van der Waals surface area contributed by atoms with Crippen LogP contribution in [-0.4, -0.2) is 38.9 Å². The molecule has 0 bridgehead atoms. The van der Waals surface area contributed by atoms with Gasteiger partial charge < -0.3 is 0 Å². The highest BCUT2D eigenvalue weighted by atomic mass is 32.2. The summed E-state index contributed by atoms with van der Waals surface area (Å²) in [6.07, 6.45) is 4.81. The third-order valence-corrected chi connectivity index (χ3v) is 6.85. The number of H-pyrrole nitrogens is 1. The number of hydrogen-bond donors (Lipinski definition) is 0. The molecule has 0 aliphatic carbocycles. The van der Waals surface area contributed by atoms with Crippen LogP contribution in [0.15, 0.2) is 59.6 Å². The van der Waals surface area contributed by atoms with Crippen molar-refractivity contribution < 1.29 is 13.4 Å². The molecule has 0 saturated carbocycles. The Morgan fingerprint density at radius 2 is 1.81 bits per heavy atom. The van der Waals surface area contributed by atoms with Gasteiger partial charge in [-0.1, -0.05) is 44.2 Å². The Balaban J connectivity index is 1.73. The number of aromatic nitrogens is 1. The molecular formula is C20H26N3O2S+. The summed E-state index contributed by atoms with van der Waals surface area (Å²) in [5, 5.41) is 0. The van der Waals surface area contributed by atoms with Gasteiger partial charge in [0.05, 0.1) is 6.54 Å². The highest BCUT2D eigenvalue weighted by molar-refractivity contribution is 7.89. The molecule has 0 atom stereocenters. The van der Waals surface area contributed by atoms with Crippen LogP contribution >= 0.6 is 0 Å². The minimum Gasteiger partial charge on any atom is -0.258 e. The fraction of sp³-hybridized carbons (Fsp3) is 0.350. The van der Waals surface area contributed by atoms with E-state index in [1.54, 1.807) is 12.3 Å². The van der Waals surface area contributed by atoms with Gasteiger partial charge >= 0.3 is 0 Å². The van der Waals surface area contributed by atoms with Crippen molar-refractivity contribution in [2.75, 3.05) is 31.1 Å². The first-order valence-electron chi connectivity index (χ1n) is 9.07. The largest absolute Gasteiger partial charge is 0.274 e. The highest BCUT2D eigenvalue weighted by Crippen LogP contribution is 2.24. The molecule has 0 fully saturated rings. The van der Waals surface area contributed by atoms with Crippen molar-refractivity contribution in [3.63, 3.8) is 0 Å². The lowest BCUT2D eigenvalue weighted by atomic mass is 10.00. The van der Waals surface area contributed by atoms with Crippen molar-refractivity contribution in [2.24, 2.45) is 0 Å².